The molecule has 1 aliphatic rings. The lowest BCUT2D eigenvalue weighted by Gasteiger charge is -2.33. The standard InChI is InChI=1S/C15H21N3O2/c1-10-3-4-13-15(11(10)2)17-14(16-13)7-18-5-6-20-9-12(18)8-19/h3-4,12,19H,5-9H2,1-2H3,(H,16,17)/t12-/m0/s1. The van der Waals surface area contributed by atoms with Gasteiger partial charge in [0.2, 0.25) is 0 Å². The highest BCUT2D eigenvalue weighted by Gasteiger charge is 2.23. The number of aliphatic hydroxyl groups excluding tert-OH is 1. The molecule has 1 aliphatic heterocycles. The topological polar surface area (TPSA) is 61.4 Å². The third-order valence-corrected chi connectivity index (χ3v) is 4.14. The van der Waals surface area contributed by atoms with Gasteiger partial charge in [-0.1, -0.05) is 6.07 Å². The van der Waals surface area contributed by atoms with Crippen LogP contribution in [0.4, 0.5) is 0 Å². The minimum atomic E-state index is 0.0693. The predicted molar refractivity (Wildman–Crippen MR) is 77.7 cm³/mol. The number of ether oxygens (including phenoxy) is 1. The number of hydrogen-bond donors (Lipinski definition) is 2. The lowest BCUT2D eigenvalue weighted by Crippen LogP contribution is -2.47. The van der Waals surface area contributed by atoms with Crippen LogP contribution in [-0.4, -0.2) is 52.4 Å². The maximum atomic E-state index is 9.41. The Morgan fingerprint density at radius 1 is 1.45 bits per heavy atom. The van der Waals surface area contributed by atoms with Gasteiger partial charge in [-0.3, -0.25) is 4.90 Å². The molecule has 108 valence electrons. The molecule has 5 heteroatoms. The summed E-state index contributed by atoms with van der Waals surface area (Å²) in [7, 11) is 0. The average Bonchev–Trinajstić information content (AvgIpc) is 2.87. The van der Waals surface area contributed by atoms with Crippen molar-refractivity contribution in [3.63, 3.8) is 0 Å². The Hall–Kier alpha value is -1.43. The number of aliphatic hydroxyl groups is 1. The first-order valence-electron chi connectivity index (χ1n) is 7.06. The van der Waals surface area contributed by atoms with E-state index >= 15 is 0 Å². The molecule has 0 amide bonds. The van der Waals surface area contributed by atoms with Crippen LogP contribution in [0.25, 0.3) is 11.0 Å². The van der Waals surface area contributed by atoms with E-state index in [-0.39, 0.29) is 12.6 Å². The Morgan fingerprint density at radius 3 is 3.10 bits per heavy atom. The van der Waals surface area contributed by atoms with Crippen LogP contribution in [0.2, 0.25) is 0 Å². The summed E-state index contributed by atoms with van der Waals surface area (Å²) in [6.07, 6.45) is 0. The van der Waals surface area contributed by atoms with Crippen molar-refractivity contribution < 1.29 is 9.84 Å². The highest BCUT2D eigenvalue weighted by molar-refractivity contribution is 5.79. The summed E-state index contributed by atoms with van der Waals surface area (Å²) in [5.41, 5.74) is 4.62. The summed E-state index contributed by atoms with van der Waals surface area (Å²) in [4.78, 5) is 10.3. The molecule has 0 aliphatic carbocycles. The first-order valence-corrected chi connectivity index (χ1v) is 7.06. The molecule has 1 aromatic carbocycles. The summed E-state index contributed by atoms with van der Waals surface area (Å²) >= 11 is 0. The number of aromatic nitrogens is 2. The number of benzene rings is 1. The Kier molecular flexibility index (Phi) is 3.74. The van der Waals surface area contributed by atoms with Gasteiger partial charge in [-0.25, -0.2) is 4.98 Å². The van der Waals surface area contributed by atoms with Gasteiger partial charge in [0.1, 0.15) is 5.82 Å². The normalized spacial score (nSPS) is 20.6. The lowest BCUT2D eigenvalue weighted by atomic mass is 10.1. The third kappa shape index (κ3) is 2.44. The first-order chi connectivity index (χ1) is 9.69. The molecule has 5 nitrogen and oxygen atoms in total. The molecule has 2 heterocycles. The number of fused-ring (bicyclic) bond motifs is 1. The van der Waals surface area contributed by atoms with Crippen LogP contribution in [-0.2, 0) is 11.3 Å². The van der Waals surface area contributed by atoms with Gasteiger partial charge in [0, 0.05) is 6.54 Å². The van der Waals surface area contributed by atoms with Crippen molar-refractivity contribution in [2.45, 2.75) is 26.4 Å². The van der Waals surface area contributed by atoms with Crippen molar-refractivity contribution in [2.24, 2.45) is 0 Å². The number of rotatable bonds is 3. The van der Waals surface area contributed by atoms with E-state index in [1.54, 1.807) is 0 Å². The van der Waals surface area contributed by atoms with Crippen LogP contribution in [0.3, 0.4) is 0 Å². The van der Waals surface area contributed by atoms with E-state index in [9.17, 15) is 5.11 Å². The number of hydrogen-bond acceptors (Lipinski definition) is 4. The number of imidazole rings is 1. The fourth-order valence-corrected chi connectivity index (χ4v) is 2.70. The maximum Gasteiger partial charge on any atom is 0.121 e. The van der Waals surface area contributed by atoms with Crippen LogP contribution in [0.15, 0.2) is 12.1 Å². The largest absolute Gasteiger partial charge is 0.395 e. The molecule has 2 N–H and O–H groups in total. The molecule has 2 aromatic rings. The van der Waals surface area contributed by atoms with Crippen molar-refractivity contribution in [2.75, 3.05) is 26.4 Å². The fraction of sp³-hybridized carbons (Fsp3) is 0.533. The van der Waals surface area contributed by atoms with Crippen LogP contribution in [0, 0.1) is 13.8 Å². The Balaban J connectivity index is 1.85. The molecule has 1 aromatic heterocycles. The van der Waals surface area contributed by atoms with Gasteiger partial charge < -0.3 is 14.8 Å². The van der Waals surface area contributed by atoms with Crippen molar-refractivity contribution >= 4 is 11.0 Å². The predicted octanol–water partition coefficient (Wildman–Crippen LogP) is 1.37. The number of morpholine rings is 1. The van der Waals surface area contributed by atoms with E-state index in [0.717, 1.165) is 36.6 Å². The fourth-order valence-electron chi connectivity index (χ4n) is 2.70. The highest BCUT2D eigenvalue weighted by Crippen LogP contribution is 2.20. The van der Waals surface area contributed by atoms with Gasteiger partial charge in [0.15, 0.2) is 0 Å². The van der Waals surface area contributed by atoms with Gasteiger partial charge >= 0.3 is 0 Å². The van der Waals surface area contributed by atoms with E-state index in [2.05, 4.69) is 35.9 Å². The molecule has 0 spiro atoms. The minimum absolute atomic E-state index is 0.0693. The zero-order valence-corrected chi connectivity index (χ0v) is 12.0. The maximum absolute atomic E-state index is 9.41. The Bertz CT molecular complexity index is 608. The van der Waals surface area contributed by atoms with Crippen molar-refractivity contribution in [1.29, 1.82) is 0 Å². The second kappa shape index (κ2) is 5.52. The molecule has 0 unspecified atom stereocenters. The van der Waals surface area contributed by atoms with Crippen molar-refractivity contribution in [1.82, 2.24) is 14.9 Å². The van der Waals surface area contributed by atoms with E-state index in [1.165, 1.54) is 11.1 Å². The summed E-state index contributed by atoms with van der Waals surface area (Å²) in [5, 5.41) is 9.41. The quantitative estimate of drug-likeness (QED) is 0.888. The summed E-state index contributed by atoms with van der Waals surface area (Å²) < 4.78 is 5.40. The van der Waals surface area contributed by atoms with Crippen molar-refractivity contribution in [3.05, 3.63) is 29.1 Å². The SMILES string of the molecule is Cc1ccc2[nH]c(CN3CCOC[C@@H]3CO)nc2c1C. The number of H-pyrrole nitrogens is 1. The molecule has 1 saturated heterocycles. The number of aromatic amines is 1. The Labute approximate surface area is 118 Å². The zero-order valence-electron chi connectivity index (χ0n) is 12.0. The minimum Gasteiger partial charge on any atom is -0.395 e. The van der Waals surface area contributed by atoms with Gasteiger partial charge in [-0.15, -0.1) is 0 Å². The summed E-state index contributed by atoms with van der Waals surface area (Å²) in [6, 6.07) is 4.27. The van der Waals surface area contributed by atoms with Gasteiger partial charge in [-0.2, -0.15) is 0 Å². The Morgan fingerprint density at radius 2 is 2.30 bits per heavy atom. The number of aryl methyl sites for hydroxylation is 2. The summed E-state index contributed by atoms with van der Waals surface area (Å²) in [5.74, 6) is 0.953. The second-order valence-electron chi connectivity index (χ2n) is 5.47. The molecule has 1 atom stereocenters. The summed E-state index contributed by atoms with van der Waals surface area (Å²) in [6.45, 7) is 7.20. The molecule has 20 heavy (non-hydrogen) atoms. The molecule has 0 bridgehead atoms. The van der Waals surface area contributed by atoms with E-state index in [1.807, 2.05) is 0 Å². The molecule has 0 saturated carbocycles. The monoisotopic (exact) mass is 275 g/mol. The van der Waals surface area contributed by atoms with Crippen LogP contribution >= 0.6 is 0 Å². The average molecular weight is 275 g/mol. The number of nitrogens with zero attached hydrogens (tertiary/aromatic N) is 2. The number of nitrogens with one attached hydrogen (secondary N) is 1. The van der Waals surface area contributed by atoms with Gasteiger partial charge in [-0.05, 0) is 31.0 Å². The smallest absolute Gasteiger partial charge is 0.121 e. The van der Waals surface area contributed by atoms with E-state index < -0.39 is 0 Å². The lowest BCUT2D eigenvalue weighted by molar-refractivity contribution is -0.0321. The third-order valence-electron chi connectivity index (χ3n) is 4.14. The van der Waals surface area contributed by atoms with Crippen LogP contribution in [0.1, 0.15) is 17.0 Å². The molecular weight excluding hydrogens is 254 g/mol. The van der Waals surface area contributed by atoms with Gasteiger partial charge in [0.05, 0.1) is 43.4 Å². The molecule has 3 rings (SSSR count). The van der Waals surface area contributed by atoms with Crippen LogP contribution < -0.4 is 0 Å². The second-order valence-corrected chi connectivity index (χ2v) is 5.47. The van der Waals surface area contributed by atoms with Crippen molar-refractivity contribution in [3.8, 4) is 0 Å². The molecule has 1 fully saturated rings. The van der Waals surface area contributed by atoms with E-state index in [4.69, 9.17) is 9.72 Å². The zero-order chi connectivity index (χ0) is 14.1. The highest BCUT2D eigenvalue weighted by atomic mass is 16.5. The first kappa shape index (κ1) is 13.5. The molecule has 0 radical (unpaired) electrons. The van der Waals surface area contributed by atoms with E-state index in [0.29, 0.717) is 6.61 Å². The van der Waals surface area contributed by atoms with Gasteiger partial charge in [0.25, 0.3) is 0 Å². The molecular formula is C15H21N3O2. The van der Waals surface area contributed by atoms with Crippen LogP contribution in [0.5, 0.6) is 0 Å².